The third-order valence-corrected chi connectivity index (χ3v) is 4.64. The van der Waals surface area contributed by atoms with Gasteiger partial charge >= 0.3 is 0 Å². The molecule has 1 amide bonds. The highest BCUT2D eigenvalue weighted by Gasteiger charge is 2.35. The van der Waals surface area contributed by atoms with Gasteiger partial charge in [-0.25, -0.2) is 0 Å². The van der Waals surface area contributed by atoms with E-state index in [2.05, 4.69) is 11.8 Å². The molecule has 108 valence electrons. The van der Waals surface area contributed by atoms with Gasteiger partial charge in [-0.1, -0.05) is 18.6 Å². The Kier molecular flexibility index (Phi) is 3.66. The van der Waals surface area contributed by atoms with Crippen molar-refractivity contribution in [3.05, 3.63) is 29.8 Å². The lowest BCUT2D eigenvalue weighted by atomic mass is 9.96. The van der Waals surface area contributed by atoms with Crippen molar-refractivity contribution in [3.63, 3.8) is 0 Å². The van der Waals surface area contributed by atoms with Gasteiger partial charge in [0.1, 0.15) is 0 Å². The molecule has 2 aliphatic rings. The van der Waals surface area contributed by atoms with Gasteiger partial charge in [-0.2, -0.15) is 0 Å². The normalized spacial score (nSPS) is 27.1. The number of anilines is 1. The number of nitrogen functional groups attached to an aromatic ring is 1. The summed E-state index contributed by atoms with van der Waals surface area (Å²) in [4.78, 5) is 17.3. The van der Waals surface area contributed by atoms with Gasteiger partial charge in [0.05, 0.1) is 5.56 Å². The lowest BCUT2D eigenvalue weighted by Gasteiger charge is -2.47. The second-order valence-corrected chi connectivity index (χ2v) is 6.04. The van der Waals surface area contributed by atoms with Gasteiger partial charge in [0.2, 0.25) is 0 Å². The summed E-state index contributed by atoms with van der Waals surface area (Å²) in [5, 5.41) is 0. The van der Waals surface area contributed by atoms with E-state index in [0.29, 0.717) is 17.3 Å². The third kappa shape index (κ3) is 2.40. The van der Waals surface area contributed by atoms with E-state index in [1.165, 1.54) is 25.8 Å². The van der Waals surface area contributed by atoms with Crippen LogP contribution in [0.1, 0.15) is 36.5 Å². The van der Waals surface area contributed by atoms with Gasteiger partial charge in [-0.15, -0.1) is 0 Å². The van der Waals surface area contributed by atoms with Crippen LogP contribution in [0.5, 0.6) is 0 Å². The highest BCUT2D eigenvalue weighted by Crippen LogP contribution is 2.26. The predicted molar refractivity (Wildman–Crippen MR) is 80.6 cm³/mol. The molecule has 4 heteroatoms. The largest absolute Gasteiger partial charge is 0.398 e. The fraction of sp³-hybridized carbons (Fsp3) is 0.562. The van der Waals surface area contributed by atoms with Crippen molar-refractivity contribution in [3.8, 4) is 0 Å². The molecule has 0 aromatic heterocycles. The van der Waals surface area contributed by atoms with Gasteiger partial charge in [0.25, 0.3) is 5.91 Å². The first-order valence-corrected chi connectivity index (χ1v) is 7.56. The summed E-state index contributed by atoms with van der Waals surface area (Å²) < 4.78 is 0. The molecular formula is C16H23N3O. The van der Waals surface area contributed by atoms with E-state index in [9.17, 15) is 4.79 Å². The molecule has 3 rings (SSSR count). The van der Waals surface area contributed by atoms with E-state index in [-0.39, 0.29) is 11.9 Å². The van der Waals surface area contributed by atoms with Crippen LogP contribution in [0.4, 0.5) is 5.69 Å². The van der Waals surface area contributed by atoms with Crippen LogP contribution < -0.4 is 5.73 Å². The molecule has 2 heterocycles. The molecule has 1 aromatic rings. The van der Waals surface area contributed by atoms with Crippen molar-refractivity contribution >= 4 is 11.6 Å². The molecule has 2 unspecified atom stereocenters. The molecule has 2 aliphatic heterocycles. The summed E-state index contributed by atoms with van der Waals surface area (Å²) in [6.45, 7) is 5.16. The fourth-order valence-corrected chi connectivity index (χ4v) is 3.48. The summed E-state index contributed by atoms with van der Waals surface area (Å²) in [5.41, 5.74) is 7.17. The Morgan fingerprint density at radius 2 is 2.05 bits per heavy atom. The molecule has 20 heavy (non-hydrogen) atoms. The molecule has 1 aromatic carbocycles. The maximum atomic E-state index is 12.7. The Morgan fingerprint density at radius 3 is 2.85 bits per heavy atom. The fourth-order valence-electron chi connectivity index (χ4n) is 3.48. The molecule has 4 nitrogen and oxygen atoms in total. The zero-order valence-electron chi connectivity index (χ0n) is 12.1. The minimum atomic E-state index is 0.0841. The first-order chi connectivity index (χ1) is 9.66. The highest BCUT2D eigenvalue weighted by molar-refractivity contribution is 5.99. The summed E-state index contributed by atoms with van der Waals surface area (Å²) in [6.07, 6.45) is 3.79. The SMILES string of the molecule is CC1CN2CCCCC2CN1C(=O)c1ccccc1N. The third-order valence-electron chi connectivity index (χ3n) is 4.64. The average molecular weight is 273 g/mol. The molecule has 0 aliphatic carbocycles. The number of carbonyl (C=O) groups is 1. The van der Waals surface area contributed by atoms with E-state index >= 15 is 0 Å². The van der Waals surface area contributed by atoms with E-state index in [0.717, 1.165) is 13.1 Å². The number of amides is 1. The molecule has 2 atom stereocenters. The van der Waals surface area contributed by atoms with Gasteiger partial charge in [-0.3, -0.25) is 9.69 Å². The summed E-state index contributed by atoms with van der Waals surface area (Å²) in [5.74, 6) is 0.0841. The Hall–Kier alpha value is -1.55. The van der Waals surface area contributed by atoms with Crippen molar-refractivity contribution in [2.45, 2.75) is 38.3 Å². The van der Waals surface area contributed by atoms with Crippen LogP contribution in [0, 0.1) is 0 Å². The molecule has 2 fully saturated rings. The van der Waals surface area contributed by atoms with Crippen LogP contribution >= 0.6 is 0 Å². The summed E-state index contributed by atoms with van der Waals surface area (Å²) in [6, 6.07) is 8.18. The molecular weight excluding hydrogens is 250 g/mol. The number of carbonyl (C=O) groups excluding carboxylic acids is 1. The number of nitrogens with two attached hydrogens (primary N) is 1. The second-order valence-electron chi connectivity index (χ2n) is 6.04. The standard InChI is InChI=1S/C16H23N3O/c1-12-10-18-9-5-4-6-13(18)11-19(12)16(20)14-7-2-3-8-15(14)17/h2-3,7-8,12-13H,4-6,9-11,17H2,1H3. The topological polar surface area (TPSA) is 49.6 Å². The number of piperazine rings is 1. The first-order valence-electron chi connectivity index (χ1n) is 7.56. The minimum absolute atomic E-state index is 0.0841. The van der Waals surface area contributed by atoms with E-state index in [1.54, 1.807) is 6.07 Å². The van der Waals surface area contributed by atoms with E-state index in [1.807, 2.05) is 23.1 Å². The number of hydrogen-bond donors (Lipinski definition) is 1. The Bertz CT molecular complexity index is 502. The molecule has 0 radical (unpaired) electrons. The number of piperidine rings is 1. The number of para-hydroxylation sites is 1. The van der Waals surface area contributed by atoms with Crippen molar-refractivity contribution in [2.24, 2.45) is 0 Å². The average Bonchev–Trinajstić information content (AvgIpc) is 2.46. The van der Waals surface area contributed by atoms with Crippen molar-refractivity contribution in [2.75, 3.05) is 25.4 Å². The highest BCUT2D eigenvalue weighted by atomic mass is 16.2. The Balaban J connectivity index is 1.79. The zero-order valence-corrected chi connectivity index (χ0v) is 12.1. The monoisotopic (exact) mass is 273 g/mol. The molecule has 2 saturated heterocycles. The molecule has 2 N–H and O–H groups in total. The second kappa shape index (κ2) is 5.44. The van der Waals surface area contributed by atoms with Gasteiger partial charge in [-0.05, 0) is 38.4 Å². The summed E-state index contributed by atoms with van der Waals surface area (Å²) in [7, 11) is 0. The first kappa shape index (κ1) is 13.4. The minimum Gasteiger partial charge on any atom is -0.398 e. The van der Waals surface area contributed by atoms with Crippen molar-refractivity contribution < 1.29 is 4.79 Å². The van der Waals surface area contributed by atoms with Gasteiger partial charge in [0, 0.05) is 30.9 Å². The number of fused-ring (bicyclic) bond motifs is 1. The lowest BCUT2D eigenvalue weighted by molar-refractivity contribution is 0.0152. The molecule has 0 saturated carbocycles. The zero-order chi connectivity index (χ0) is 14.1. The quantitative estimate of drug-likeness (QED) is 0.796. The molecule has 0 bridgehead atoms. The van der Waals surface area contributed by atoms with Crippen LogP contribution in [0.2, 0.25) is 0 Å². The maximum absolute atomic E-state index is 12.7. The van der Waals surface area contributed by atoms with Crippen LogP contribution in [0.25, 0.3) is 0 Å². The van der Waals surface area contributed by atoms with Crippen LogP contribution in [-0.2, 0) is 0 Å². The van der Waals surface area contributed by atoms with Gasteiger partial charge < -0.3 is 10.6 Å². The number of rotatable bonds is 1. The van der Waals surface area contributed by atoms with Crippen LogP contribution in [0.15, 0.2) is 24.3 Å². The smallest absolute Gasteiger partial charge is 0.256 e. The lowest BCUT2D eigenvalue weighted by Crippen LogP contribution is -2.60. The Morgan fingerprint density at radius 1 is 1.25 bits per heavy atom. The van der Waals surface area contributed by atoms with Crippen molar-refractivity contribution in [1.82, 2.24) is 9.80 Å². The number of benzene rings is 1. The van der Waals surface area contributed by atoms with E-state index in [4.69, 9.17) is 5.73 Å². The number of nitrogens with zero attached hydrogens (tertiary/aromatic N) is 2. The Labute approximate surface area is 120 Å². The number of hydrogen-bond acceptors (Lipinski definition) is 3. The maximum Gasteiger partial charge on any atom is 0.256 e. The van der Waals surface area contributed by atoms with Gasteiger partial charge in [0.15, 0.2) is 0 Å². The van der Waals surface area contributed by atoms with Crippen LogP contribution in [-0.4, -0.2) is 47.4 Å². The molecule has 0 spiro atoms. The predicted octanol–water partition coefficient (Wildman–Crippen LogP) is 1.97. The van der Waals surface area contributed by atoms with Crippen molar-refractivity contribution in [1.29, 1.82) is 0 Å². The van der Waals surface area contributed by atoms with E-state index < -0.39 is 0 Å². The van der Waals surface area contributed by atoms with Crippen LogP contribution in [0.3, 0.4) is 0 Å². The summed E-state index contributed by atoms with van der Waals surface area (Å²) >= 11 is 0.